The van der Waals surface area contributed by atoms with E-state index in [1.165, 1.54) is 23.1 Å². The van der Waals surface area contributed by atoms with Crippen LogP contribution >= 0.6 is 0 Å². The third kappa shape index (κ3) is 4.73. The summed E-state index contributed by atoms with van der Waals surface area (Å²) >= 11 is 0. The van der Waals surface area contributed by atoms with Crippen molar-refractivity contribution in [2.24, 2.45) is 0 Å². The Labute approximate surface area is 172 Å². The van der Waals surface area contributed by atoms with Crippen molar-refractivity contribution in [1.29, 1.82) is 0 Å². The van der Waals surface area contributed by atoms with Gasteiger partial charge in [0.25, 0.3) is 5.56 Å². The summed E-state index contributed by atoms with van der Waals surface area (Å²) in [6.07, 6.45) is 0.0693. The molecule has 2 heterocycles. The summed E-state index contributed by atoms with van der Waals surface area (Å²) in [6, 6.07) is 7.25. The number of carbonyl (C=O) groups excluding carboxylic acids is 2. The maximum absolute atomic E-state index is 13.0. The van der Waals surface area contributed by atoms with Crippen molar-refractivity contribution in [3.8, 4) is 0 Å². The second-order valence-corrected chi connectivity index (χ2v) is 7.06. The lowest BCUT2D eigenvalue weighted by molar-refractivity contribution is -0.135. The summed E-state index contributed by atoms with van der Waals surface area (Å²) in [7, 11) is 0. The molecule has 3 aromatic rings. The van der Waals surface area contributed by atoms with E-state index >= 15 is 0 Å². The highest BCUT2D eigenvalue weighted by molar-refractivity contribution is 5.86. The minimum absolute atomic E-state index is 0.0693. The zero-order valence-corrected chi connectivity index (χ0v) is 17.2. The maximum atomic E-state index is 13.0. The molecule has 30 heavy (non-hydrogen) atoms. The molecule has 0 aliphatic carbocycles. The van der Waals surface area contributed by atoms with Crippen molar-refractivity contribution in [2.45, 2.75) is 33.7 Å². The number of rotatable bonds is 7. The Kier molecular flexibility index (Phi) is 6.29. The first kappa shape index (κ1) is 21.2. The van der Waals surface area contributed by atoms with Crippen LogP contribution in [0.2, 0.25) is 0 Å². The molecule has 0 aliphatic heterocycles. The van der Waals surface area contributed by atoms with Crippen molar-refractivity contribution < 1.29 is 14.0 Å². The highest BCUT2D eigenvalue weighted by Crippen LogP contribution is 2.15. The third-order valence-corrected chi connectivity index (χ3v) is 5.00. The van der Waals surface area contributed by atoms with Gasteiger partial charge in [-0.05, 0) is 38.5 Å². The average Bonchev–Trinajstić information content (AvgIpc) is 3.09. The fourth-order valence-corrected chi connectivity index (χ4v) is 3.28. The average molecular weight is 413 g/mol. The molecule has 9 heteroatoms. The van der Waals surface area contributed by atoms with Crippen molar-refractivity contribution in [3.63, 3.8) is 0 Å². The van der Waals surface area contributed by atoms with Gasteiger partial charge in [0.2, 0.25) is 11.8 Å². The van der Waals surface area contributed by atoms with E-state index in [1.54, 1.807) is 30.5 Å². The number of benzene rings is 1. The summed E-state index contributed by atoms with van der Waals surface area (Å²) in [6.45, 7) is 5.95. The molecule has 0 spiro atoms. The molecule has 0 saturated heterocycles. The number of carbonyl (C=O) groups is 2. The van der Waals surface area contributed by atoms with Crippen molar-refractivity contribution in [2.75, 3.05) is 13.1 Å². The van der Waals surface area contributed by atoms with E-state index in [9.17, 15) is 18.8 Å². The highest BCUT2D eigenvalue weighted by atomic mass is 19.1. The molecule has 0 aliphatic rings. The standard InChI is InChI=1S/C21H24FN5O3/c1-4-26(12-20(29)23-11-15-5-7-16(22)8-6-15)21(30)9-17-13(2)24-18-10-19(28)25-27(18)14(17)3/h5-8,10H,4,9,11-12H2,1-3H3,(H,23,29)(H,25,28). The molecule has 2 amide bonds. The number of nitrogens with zero attached hydrogens (tertiary/aromatic N) is 3. The predicted octanol–water partition coefficient (Wildman–Crippen LogP) is 1.49. The molecule has 0 bridgehead atoms. The fraction of sp³-hybridized carbons (Fsp3) is 0.333. The summed E-state index contributed by atoms with van der Waals surface area (Å²) in [5, 5.41) is 5.41. The van der Waals surface area contributed by atoms with Crippen LogP contribution in [0.5, 0.6) is 0 Å². The van der Waals surface area contributed by atoms with Crippen molar-refractivity contribution in [1.82, 2.24) is 24.8 Å². The van der Waals surface area contributed by atoms with Crippen molar-refractivity contribution >= 4 is 17.5 Å². The van der Waals surface area contributed by atoms with Crippen LogP contribution in [0.4, 0.5) is 4.39 Å². The van der Waals surface area contributed by atoms with Crippen LogP contribution < -0.4 is 10.9 Å². The Bertz CT molecular complexity index is 1130. The second kappa shape index (κ2) is 8.89. The van der Waals surface area contributed by atoms with E-state index in [4.69, 9.17) is 0 Å². The molecule has 2 N–H and O–H groups in total. The Morgan fingerprint density at radius 2 is 1.93 bits per heavy atom. The van der Waals surface area contributed by atoms with Gasteiger partial charge in [-0.2, -0.15) is 0 Å². The third-order valence-electron chi connectivity index (χ3n) is 5.00. The molecule has 1 aromatic carbocycles. The summed E-state index contributed by atoms with van der Waals surface area (Å²) in [5.41, 5.74) is 3.11. The summed E-state index contributed by atoms with van der Waals surface area (Å²) in [4.78, 5) is 42.5. The molecule has 0 saturated carbocycles. The van der Waals surface area contributed by atoms with Gasteiger partial charge in [0.15, 0.2) is 5.65 Å². The van der Waals surface area contributed by atoms with Gasteiger partial charge in [0.05, 0.1) is 13.0 Å². The van der Waals surface area contributed by atoms with Crippen LogP contribution in [0.15, 0.2) is 35.1 Å². The number of hydrogen-bond acceptors (Lipinski definition) is 4. The van der Waals surface area contributed by atoms with Gasteiger partial charge < -0.3 is 10.2 Å². The number of likely N-dealkylation sites (N-methyl/N-ethyl adjacent to an activating group) is 1. The number of nitrogens with one attached hydrogen (secondary N) is 2. The number of amides is 2. The molecule has 8 nitrogen and oxygen atoms in total. The van der Waals surface area contributed by atoms with Gasteiger partial charge >= 0.3 is 0 Å². The molecule has 0 unspecified atom stereocenters. The van der Waals surface area contributed by atoms with E-state index in [1.807, 2.05) is 6.92 Å². The van der Waals surface area contributed by atoms with Gasteiger partial charge in [-0.15, -0.1) is 0 Å². The lowest BCUT2D eigenvalue weighted by atomic mass is 10.1. The number of halogens is 1. The second-order valence-electron chi connectivity index (χ2n) is 7.06. The minimum Gasteiger partial charge on any atom is -0.350 e. The first-order chi connectivity index (χ1) is 14.3. The summed E-state index contributed by atoms with van der Waals surface area (Å²) in [5.74, 6) is -0.849. The van der Waals surface area contributed by atoms with Crippen LogP contribution in [-0.4, -0.2) is 44.4 Å². The van der Waals surface area contributed by atoms with Gasteiger partial charge in [-0.1, -0.05) is 12.1 Å². The molecule has 0 radical (unpaired) electrons. The number of aryl methyl sites for hydroxylation is 2. The number of H-pyrrole nitrogens is 1. The Morgan fingerprint density at radius 3 is 2.60 bits per heavy atom. The highest BCUT2D eigenvalue weighted by Gasteiger charge is 2.20. The normalized spacial score (nSPS) is 10.9. The van der Waals surface area contributed by atoms with Gasteiger partial charge in [0.1, 0.15) is 5.82 Å². The quantitative estimate of drug-likeness (QED) is 0.613. The number of aromatic amines is 1. The van der Waals surface area contributed by atoms with Crippen LogP contribution in [0, 0.1) is 19.7 Å². The van der Waals surface area contributed by atoms with Crippen molar-refractivity contribution in [3.05, 3.63) is 69.0 Å². The molecular formula is C21H24FN5O3. The molecule has 2 aromatic heterocycles. The fourth-order valence-electron chi connectivity index (χ4n) is 3.28. The Balaban J connectivity index is 1.66. The number of aromatic nitrogens is 3. The van der Waals surface area contributed by atoms with E-state index in [0.29, 0.717) is 23.4 Å². The van der Waals surface area contributed by atoms with E-state index in [-0.39, 0.29) is 42.7 Å². The van der Waals surface area contributed by atoms with Crippen LogP contribution in [0.1, 0.15) is 29.4 Å². The zero-order valence-electron chi connectivity index (χ0n) is 17.2. The van der Waals surface area contributed by atoms with E-state index in [0.717, 1.165) is 11.3 Å². The topological polar surface area (TPSA) is 99.6 Å². The lowest BCUT2D eigenvalue weighted by Gasteiger charge is -2.21. The van der Waals surface area contributed by atoms with Crippen LogP contribution in [-0.2, 0) is 22.6 Å². The van der Waals surface area contributed by atoms with Crippen LogP contribution in [0.3, 0.4) is 0 Å². The number of hydrogen-bond donors (Lipinski definition) is 2. The first-order valence-corrected chi connectivity index (χ1v) is 9.65. The lowest BCUT2D eigenvalue weighted by Crippen LogP contribution is -2.41. The zero-order chi connectivity index (χ0) is 21.8. The SMILES string of the molecule is CCN(CC(=O)NCc1ccc(F)cc1)C(=O)Cc1c(C)nc2cc(=O)[nH]n2c1C. The first-order valence-electron chi connectivity index (χ1n) is 9.65. The van der Waals surface area contributed by atoms with Gasteiger partial charge in [-0.3, -0.25) is 19.5 Å². The smallest absolute Gasteiger partial charge is 0.266 e. The minimum atomic E-state index is -0.338. The summed E-state index contributed by atoms with van der Waals surface area (Å²) < 4.78 is 14.5. The number of fused-ring (bicyclic) bond motifs is 1. The van der Waals surface area contributed by atoms with Gasteiger partial charge in [0, 0.05) is 36.1 Å². The molecule has 3 rings (SSSR count). The maximum Gasteiger partial charge on any atom is 0.266 e. The molecular weight excluding hydrogens is 389 g/mol. The van der Waals surface area contributed by atoms with Gasteiger partial charge in [-0.25, -0.2) is 13.9 Å². The van der Waals surface area contributed by atoms with Crippen LogP contribution in [0.25, 0.3) is 5.65 Å². The largest absolute Gasteiger partial charge is 0.350 e. The van der Waals surface area contributed by atoms with E-state index in [2.05, 4.69) is 15.4 Å². The molecule has 0 atom stereocenters. The monoisotopic (exact) mass is 413 g/mol. The van der Waals surface area contributed by atoms with E-state index < -0.39 is 0 Å². The molecule has 158 valence electrons. The molecule has 0 fully saturated rings. The predicted molar refractivity (Wildman–Crippen MR) is 109 cm³/mol. The Hall–Kier alpha value is -3.49. The Morgan fingerprint density at radius 1 is 1.23 bits per heavy atom.